The number of sulfone groups is 1. The molecule has 6 nitrogen and oxygen atoms in total. The van der Waals surface area contributed by atoms with Crippen LogP contribution >= 0.6 is 44.0 Å². The average molecular weight is 623 g/mol. The van der Waals surface area contributed by atoms with Crippen molar-refractivity contribution in [2.24, 2.45) is 0 Å². The quantitative estimate of drug-likeness (QED) is 0.198. The molecule has 0 saturated heterocycles. The van der Waals surface area contributed by atoms with Crippen molar-refractivity contribution in [3.8, 4) is 0 Å². The van der Waals surface area contributed by atoms with Crippen LogP contribution in [0.3, 0.4) is 0 Å². The van der Waals surface area contributed by atoms with Gasteiger partial charge in [-0.3, -0.25) is 9.59 Å². The Kier molecular flexibility index (Phi) is 15.6. The fraction of sp³-hybridized carbons (Fsp3) is 0.333. The summed E-state index contributed by atoms with van der Waals surface area (Å²) in [6.45, 7) is 13.6. The summed E-state index contributed by atoms with van der Waals surface area (Å²) in [4.78, 5) is 24.9. The molecule has 1 aliphatic rings. The Bertz CT molecular complexity index is 1260. The Hall–Kier alpha value is -1.73. The van der Waals surface area contributed by atoms with Gasteiger partial charge in [0.25, 0.3) is 5.91 Å². The summed E-state index contributed by atoms with van der Waals surface area (Å²) in [7, 11) is -0.759. The van der Waals surface area contributed by atoms with Crippen molar-refractivity contribution in [2.45, 2.75) is 57.2 Å². The number of hydrogen-bond donors (Lipinski definition) is 2. The van der Waals surface area contributed by atoms with Crippen LogP contribution in [0.15, 0.2) is 65.1 Å². The summed E-state index contributed by atoms with van der Waals surface area (Å²) in [5.41, 5.74) is -1.30. The SMILES string of the molecule is C=C(Cl)/C=C\C(C)P.CC.CC.CS(=O)(=O)c1ccc(C(=O)CC2(O)C(=O)Nc3c(Cl)ccc(Cl)c32)cc1. The maximum atomic E-state index is 12.6. The number of carbonyl (C=O) groups is 2. The first-order chi connectivity index (χ1) is 17.7. The number of benzene rings is 2. The van der Waals surface area contributed by atoms with E-state index < -0.39 is 33.5 Å². The van der Waals surface area contributed by atoms with Crippen LogP contribution in [0.1, 0.15) is 57.0 Å². The lowest BCUT2D eigenvalue weighted by atomic mass is 9.88. The highest BCUT2D eigenvalue weighted by atomic mass is 35.5. The number of carbonyl (C=O) groups excluding carboxylic acids is 2. The monoisotopic (exact) mass is 621 g/mol. The average Bonchev–Trinajstić information content (AvgIpc) is 3.13. The molecule has 1 amide bonds. The van der Waals surface area contributed by atoms with Gasteiger partial charge in [-0.25, -0.2) is 8.42 Å². The molecule has 3 unspecified atom stereocenters. The molecule has 1 heterocycles. The zero-order chi connectivity index (χ0) is 29.8. The van der Waals surface area contributed by atoms with E-state index in [1.54, 1.807) is 6.08 Å². The molecule has 0 radical (unpaired) electrons. The van der Waals surface area contributed by atoms with Crippen LogP contribution in [0.4, 0.5) is 5.69 Å². The first-order valence-corrected chi connectivity index (χ1v) is 15.5. The smallest absolute Gasteiger partial charge is 0.261 e. The highest BCUT2D eigenvalue weighted by Gasteiger charge is 2.49. The maximum absolute atomic E-state index is 12.6. The molecule has 210 valence electrons. The molecule has 1 aliphatic heterocycles. The summed E-state index contributed by atoms with van der Waals surface area (Å²) >= 11 is 17.6. The van der Waals surface area contributed by atoms with Crippen molar-refractivity contribution in [1.82, 2.24) is 0 Å². The Balaban J connectivity index is 0.000000970. The Morgan fingerprint density at radius 2 is 1.61 bits per heavy atom. The lowest BCUT2D eigenvalue weighted by molar-refractivity contribution is -0.133. The second-order valence-corrected chi connectivity index (χ2v) is 12.0. The van der Waals surface area contributed by atoms with Gasteiger partial charge < -0.3 is 10.4 Å². The van der Waals surface area contributed by atoms with Gasteiger partial charge in [-0.05, 0) is 36.0 Å². The van der Waals surface area contributed by atoms with Crippen molar-refractivity contribution in [1.29, 1.82) is 0 Å². The van der Waals surface area contributed by atoms with Crippen LogP contribution < -0.4 is 5.32 Å². The molecule has 38 heavy (non-hydrogen) atoms. The molecular weight excluding hydrogens is 588 g/mol. The van der Waals surface area contributed by atoms with Crippen LogP contribution in [-0.2, 0) is 20.2 Å². The van der Waals surface area contributed by atoms with Gasteiger partial charge >= 0.3 is 0 Å². The number of anilines is 1. The predicted molar refractivity (Wildman–Crippen MR) is 163 cm³/mol. The molecule has 0 spiro atoms. The number of fused-ring (bicyclic) bond motifs is 1. The molecule has 0 saturated carbocycles. The van der Waals surface area contributed by atoms with Crippen molar-refractivity contribution in [2.75, 3.05) is 11.6 Å². The number of allylic oxidation sites excluding steroid dienone is 3. The summed E-state index contributed by atoms with van der Waals surface area (Å²) in [6, 6.07) is 8.14. The fourth-order valence-electron chi connectivity index (χ4n) is 3.06. The van der Waals surface area contributed by atoms with Crippen molar-refractivity contribution >= 4 is 71.3 Å². The van der Waals surface area contributed by atoms with Gasteiger partial charge in [0.1, 0.15) is 0 Å². The lowest BCUT2D eigenvalue weighted by Crippen LogP contribution is -2.36. The number of nitrogens with one attached hydrogen (secondary N) is 1. The van der Waals surface area contributed by atoms with Crippen molar-refractivity contribution in [3.05, 3.63) is 81.3 Å². The summed E-state index contributed by atoms with van der Waals surface area (Å²) in [5, 5.41) is 14.2. The molecule has 2 aromatic rings. The minimum atomic E-state index is -3.40. The molecule has 2 N–H and O–H groups in total. The van der Waals surface area contributed by atoms with Crippen molar-refractivity contribution < 1.29 is 23.1 Å². The van der Waals surface area contributed by atoms with Gasteiger partial charge in [0, 0.05) is 27.4 Å². The number of hydrogen-bond acceptors (Lipinski definition) is 5. The minimum Gasteiger partial charge on any atom is -0.375 e. The highest BCUT2D eigenvalue weighted by molar-refractivity contribution is 7.90. The zero-order valence-corrected chi connectivity index (χ0v) is 26.5. The van der Waals surface area contributed by atoms with E-state index in [0.29, 0.717) is 10.7 Å². The van der Waals surface area contributed by atoms with E-state index in [2.05, 4.69) is 28.1 Å². The first kappa shape index (κ1) is 36.3. The molecule has 11 heteroatoms. The third-order valence-corrected chi connectivity index (χ3v) is 6.84. The van der Waals surface area contributed by atoms with Gasteiger partial charge in [0.05, 0.1) is 22.0 Å². The van der Waals surface area contributed by atoms with E-state index in [4.69, 9.17) is 34.8 Å². The van der Waals surface area contributed by atoms with E-state index in [1.165, 1.54) is 36.4 Å². The highest BCUT2D eigenvalue weighted by Crippen LogP contribution is 2.46. The molecule has 0 aromatic heterocycles. The third kappa shape index (κ3) is 10.1. The van der Waals surface area contributed by atoms with Gasteiger partial charge in [0.15, 0.2) is 21.2 Å². The van der Waals surface area contributed by atoms with Crippen LogP contribution in [0.25, 0.3) is 0 Å². The number of rotatable bonds is 6. The normalized spacial score (nSPS) is 16.4. The van der Waals surface area contributed by atoms with E-state index in [9.17, 15) is 23.1 Å². The summed E-state index contributed by atoms with van der Waals surface area (Å²) in [5.74, 6) is -1.35. The molecule has 0 bridgehead atoms. The van der Waals surface area contributed by atoms with Crippen LogP contribution in [0, 0.1) is 0 Å². The largest absolute Gasteiger partial charge is 0.375 e. The number of aliphatic hydroxyl groups is 1. The zero-order valence-electron chi connectivity index (χ0n) is 22.3. The van der Waals surface area contributed by atoms with Gasteiger partial charge in [-0.2, -0.15) is 0 Å². The first-order valence-electron chi connectivity index (χ1n) is 11.8. The van der Waals surface area contributed by atoms with Crippen LogP contribution in [0.5, 0.6) is 0 Å². The number of halogens is 3. The van der Waals surface area contributed by atoms with Crippen LogP contribution in [0.2, 0.25) is 10.0 Å². The topological polar surface area (TPSA) is 101 Å². The van der Waals surface area contributed by atoms with Crippen LogP contribution in [-0.4, -0.2) is 37.1 Å². The third-order valence-electron chi connectivity index (χ3n) is 4.73. The van der Waals surface area contributed by atoms with Gasteiger partial charge in [-0.15, -0.1) is 9.24 Å². The molecule has 0 aliphatic carbocycles. The number of Topliss-reactive ketones (excluding diaryl/α,β-unsaturated/α-hetero) is 1. The Morgan fingerprint density at radius 3 is 2.03 bits per heavy atom. The summed E-state index contributed by atoms with van der Waals surface area (Å²) < 4.78 is 23.0. The minimum absolute atomic E-state index is 0.0535. The van der Waals surface area contributed by atoms with Gasteiger partial charge in [-0.1, -0.05) is 94.2 Å². The second-order valence-electron chi connectivity index (χ2n) is 7.66. The maximum Gasteiger partial charge on any atom is 0.261 e. The lowest BCUT2D eigenvalue weighted by Gasteiger charge is -2.21. The van der Waals surface area contributed by atoms with E-state index >= 15 is 0 Å². The van der Waals surface area contributed by atoms with E-state index in [1.807, 2.05) is 33.8 Å². The Morgan fingerprint density at radius 1 is 1.11 bits per heavy atom. The van der Waals surface area contributed by atoms with Crippen molar-refractivity contribution in [3.63, 3.8) is 0 Å². The predicted octanol–water partition coefficient (Wildman–Crippen LogP) is 7.42. The van der Waals surface area contributed by atoms with E-state index in [-0.39, 0.29) is 31.8 Å². The standard InChI is InChI=1S/C17H13Cl2NO5S.C6H10ClP.2C2H6/c1-26(24,25)10-4-2-9(3-5-10)13(21)8-17(23)14-11(18)6-7-12(19)15(14)20-16(17)22;1-5(7)3-4-6(2)8;2*1-2/h2-7,23H,8H2,1H3,(H,20,22);3-4,6H,1,8H2,2H3;2*1-2H3/b;4-3-;;. The van der Waals surface area contributed by atoms with Gasteiger partial charge in [0.2, 0.25) is 0 Å². The molecule has 2 aromatic carbocycles. The fourth-order valence-corrected chi connectivity index (χ4v) is 4.39. The second kappa shape index (κ2) is 16.4. The molecular formula is C27H35Cl3NO5PS. The number of amides is 1. The number of ketones is 1. The van der Waals surface area contributed by atoms with E-state index in [0.717, 1.165) is 6.26 Å². The Labute approximate surface area is 243 Å². The molecule has 0 fully saturated rings. The molecule has 3 rings (SSSR count). The molecule has 3 atom stereocenters. The summed E-state index contributed by atoms with van der Waals surface area (Å²) in [6.07, 6.45) is 4.25.